The van der Waals surface area contributed by atoms with Gasteiger partial charge in [0.2, 0.25) is 12.7 Å². The number of aromatic nitrogens is 3. The van der Waals surface area contributed by atoms with Crippen molar-refractivity contribution in [3.8, 4) is 0 Å². The van der Waals surface area contributed by atoms with Gasteiger partial charge in [0.1, 0.15) is 0 Å². The molecule has 0 amide bonds. The van der Waals surface area contributed by atoms with E-state index in [0.717, 1.165) is 0 Å². The molecule has 1 aromatic heterocycles. The highest BCUT2D eigenvalue weighted by Gasteiger charge is 1.80. The minimum atomic E-state index is 1.50. The van der Waals surface area contributed by atoms with Crippen molar-refractivity contribution in [3.05, 3.63) is 25.9 Å². The quantitative estimate of drug-likeness (QED) is 0.364. The van der Waals surface area contributed by atoms with Crippen LogP contribution in [0.15, 0.2) is 19.0 Å². The average molecular weight is 125 g/mol. The summed E-state index contributed by atoms with van der Waals surface area (Å²) in [4.78, 5) is 7.47. The van der Waals surface area contributed by atoms with Gasteiger partial charge in [-0.3, -0.25) is 0 Å². The van der Waals surface area contributed by atoms with E-state index < -0.39 is 0 Å². The highest BCUT2D eigenvalue weighted by atomic mass is 15.0. The van der Waals surface area contributed by atoms with Gasteiger partial charge in [-0.2, -0.15) is 0 Å². The van der Waals surface area contributed by atoms with Gasteiger partial charge in [-0.1, -0.05) is 9.97 Å². The highest BCUT2D eigenvalue weighted by Crippen LogP contribution is 1.55. The van der Waals surface area contributed by atoms with Crippen LogP contribution >= 0.6 is 0 Å². The Bertz CT molecular complexity index is 138. The largest absolute Gasteiger partial charge is 0.263 e. The molecule has 0 aliphatic carbocycles. The van der Waals surface area contributed by atoms with Crippen molar-refractivity contribution in [2.24, 2.45) is 7.05 Å². The van der Waals surface area contributed by atoms with Crippen molar-refractivity contribution in [2.45, 2.75) is 6.92 Å². The van der Waals surface area contributed by atoms with E-state index in [1.165, 1.54) is 6.33 Å². The van der Waals surface area contributed by atoms with Crippen LogP contribution in [0.25, 0.3) is 0 Å². The Morgan fingerprint density at radius 1 is 1.22 bits per heavy atom. The molecule has 0 radical (unpaired) electrons. The molecular formula is C6H11N3+2. The topological polar surface area (TPSA) is 29.7 Å². The summed E-state index contributed by atoms with van der Waals surface area (Å²) in [7, 11) is 1.88. The first-order valence-corrected chi connectivity index (χ1v) is 2.70. The van der Waals surface area contributed by atoms with Gasteiger partial charge in [0.05, 0.1) is 20.9 Å². The third kappa shape index (κ3) is 3.46. The molecule has 3 nitrogen and oxygen atoms in total. The number of nitrogens with zero attached hydrogens (tertiary/aromatic N) is 3. The fraction of sp³-hybridized carbons (Fsp3) is 0.333. The predicted molar refractivity (Wildman–Crippen MR) is 34.2 cm³/mol. The number of hydrogen-bond acceptors (Lipinski definition) is 2. The van der Waals surface area contributed by atoms with Crippen LogP contribution in [0, 0.1) is 6.92 Å². The Hall–Kier alpha value is -1.12. The second kappa shape index (κ2) is 5.03. The fourth-order valence-corrected chi connectivity index (χ4v) is 0.338. The summed E-state index contributed by atoms with van der Waals surface area (Å²) in [6.07, 6.45) is 4.88. The van der Waals surface area contributed by atoms with E-state index in [0.29, 0.717) is 0 Å². The smallest absolute Gasteiger partial charge is 0.243 e. The van der Waals surface area contributed by atoms with Crippen molar-refractivity contribution in [2.75, 3.05) is 0 Å². The van der Waals surface area contributed by atoms with Crippen molar-refractivity contribution >= 4 is 0 Å². The summed E-state index contributed by atoms with van der Waals surface area (Å²) in [6, 6.07) is 0. The molecule has 0 bridgehead atoms. The van der Waals surface area contributed by atoms with Crippen LogP contribution in [-0.2, 0) is 7.05 Å². The summed E-state index contributed by atoms with van der Waals surface area (Å²) in [5, 5.41) is 0. The van der Waals surface area contributed by atoms with Crippen molar-refractivity contribution in [3.63, 3.8) is 0 Å². The maximum atomic E-state index is 3.74. The van der Waals surface area contributed by atoms with E-state index in [1.807, 2.05) is 7.05 Å². The second-order valence-corrected chi connectivity index (χ2v) is 1.31. The SMILES string of the molecule is C[n+]1cncnc1.[CH2+]C. The lowest BCUT2D eigenvalue weighted by Gasteiger charge is -1.77. The molecule has 0 saturated carbocycles. The monoisotopic (exact) mass is 125 g/mol. The van der Waals surface area contributed by atoms with E-state index in [-0.39, 0.29) is 0 Å². The first-order valence-electron chi connectivity index (χ1n) is 2.70. The van der Waals surface area contributed by atoms with Gasteiger partial charge in [0, 0.05) is 0 Å². The molecule has 0 unspecified atom stereocenters. The summed E-state index contributed by atoms with van der Waals surface area (Å²) in [5.41, 5.74) is 0. The third-order valence-corrected chi connectivity index (χ3v) is 0.631. The minimum absolute atomic E-state index is 1.50. The molecule has 1 heterocycles. The molecule has 9 heavy (non-hydrogen) atoms. The van der Waals surface area contributed by atoms with Gasteiger partial charge in [-0.15, -0.1) is 0 Å². The summed E-state index contributed by atoms with van der Waals surface area (Å²) < 4.78 is 1.78. The van der Waals surface area contributed by atoms with Crippen LogP contribution in [0.1, 0.15) is 6.92 Å². The third-order valence-electron chi connectivity index (χ3n) is 0.631. The molecule has 0 aliphatic heterocycles. The lowest BCUT2D eigenvalue weighted by molar-refractivity contribution is -0.677. The Kier molecular flexibility index (Phi) is 4.40. The molecule has 0 fully saturated rings. The molecule has 48 valence electrons. The van der Waals surface area contributed by atoms with Crippen molar-refractivity contribution in [1.29, 1.82) is 0 Å². The first-order chi connectivity index (χ1) is 4.39. The number of hydrogen-bond donors (Lipinski definition) is 0. The lowest BCUT2D eigenvalue weighted by atomic mass is 11.0. The molecule has 0 saturated heterocycles. The Balaban J connectivity index is 0.000000291. The molecule has 0 atom stereocenters. The van der Waals surface area contributed by atoms with Gasteiger partial charge in [0.15, 0.2) is 0 Å². The first kappa shape index (κ1) is 7.88. The Labute approximate surface area is 55.4 Å². The minimum Gasteiger partial charge on any atom is -0.243 e. The van der Waals surface area contributed by atoms with Gasteiger partial charge in [-0.25, -0.2) is 4.57 Å². The molecule has 0 spiro atoms. The van der Waals surface area contributed by atoms with Crippen LogP contribution < -0.4 is 4.57 Å². The van der Waals surface area contributed by atoms with Crippen LogP contribution in [0.5, 0.6) is 0 Å². The highest BCUT2D eigenvalue weighted by molar-refractivity contribution is 4.41. The lowest BCUT2D eigenvalue weighted by Crippen LogP contribution is -2.27. The maximum absolute atomic E-state index is 3.74. The van der Waals surface area contributed by atoms with Gasteiger partial charge in [0.25, 0.3) is 6.33 Å². The number of aryl methyl sites for hydroxylation is 1. The zero-order valence-electron chi connectivity index (χ0n) is 5.78. The van der Waals surface area contributed by atoms with Crippen molar-refractivity contribution in [1.82, 2.24) is 9.97 Å². The molecule has 3 heteroatoms. The van der Waals surface area contributed by atoms with E-state index in [9.17, 15) is 0 Å². The molecule has 0 aromatic carbocycles. The van der Waals surface area contributed by atoms with Crippen LogP contribution in [-0.4, -0.2) is 9.97 Å². The fourth-order valence-electron chi connectivity index (χ4n) is 0.338. The Morgan fingerprint density at radius 2 is 1.67 bits per heavy atom. The second-order valence-electron chi connectivity index (χ2n) is 1.31. The predicted octanol–water partition coefficient (Wildman–Crippen LogP) is 0.141. The summed E-state index contributed by atoms with van der Waals surface area (Å²) in [5.74, 6) is 0. The normalized spacial score (nSPS) is 7.33. The summed E-state index contributed by atoms with van der Waals surface area (Å²) in [6.45, 7) is 5.00. The zero-order valence-corrected chi connectivity index (χ0v) is 5.78. The number of rotatable bonds is 0. The summed E-state index contributed by atoms with van der Waals surface area (Å²) >= 11 is 0. The standard InChI is InChI=1S/C4H6N3.C2H5/c1-7-3-5-2-6-4-7;1-2/h2-4H,1H3;1H2,2H3/q2*+1. The van der Waals surface area contributed by atoms with Crippen LogP contribution in [0.2, 0.25) is 0 Å². The van der Waals surface area contributed by atoms with Crippen LogP contribution in [0.3, 0.4) is 0 Å². The molecule has 1 aromatic rings. The van der Waals surface area contributed by atoms with E-state index in [1.54, 1.807) is 24.1 Å². The van der Waals surface area contributed by atoms with E-state index in [4.69, 9.17) is 0 Å². The van der Waals surface area contributed by atoms with Crippen molar-refractivity contribution < 1.29 is 4.57 Å². The molecule has 0 N–H and O–H groups in total. The molecule has 0 aliphatic rings. The van der Waals surface area contributed by atoms with Crippen LogP contribution in [0.4, 0.5) is 0 Å². The van der Waals surface area contributed by atoms with E-state index in [2.05, 4.69) is 16.9 Å². The Morgan fingerprint density at radius 3 is 1.89 bits per heavy atom. The zero-order chi connectivity index (χ0) is 7.11. The van der Waals surface area contributed by atoms with Gasteiger partial charge in [-0.05, 0) is 0 Å². The molecule has 1 rings (SSSR count). The molecular weight excluding hydrogens is 114 g/mol. The maximum Gasteiger partial charge on any atom is 0.263 e. The van der Waals surface area contributed by atoms with Gasteiger partial charge < -0.3 is 0 Å². The average Bonchev–Trinajstić information content (AvgIpc) is 1.94. The van der Waals surface area contributed by atoms with Gasteiger partial charge >= 0.3 is 0 Å². The van der Waals surface area contributed by atoms with E-state index >= 15 is 0 Å².